The fourth-order valence-electron chi connectivity index (χ4n) is 1.10. The zero-order valence-corrected chi connectivity index (χ0v) is 9.90. The summed E-state index contributed by atoms with van der Waals surface area (Å²) in [6.45, 7) is 2.53. The first-order chi connectivity index (χ1) is 5.83. The van der Waals surface area contributed by atoms with E-state index in [0.717, 1.165) is 6.42 Å². The molecule has 0 aliphatic rings. The van der Waals surface area contributed by atoms with Crippen LogP contribution in [0.1, 0.15) is 19.8 Å². The molecule has 0 fully saturated rings. The molecule has 0 atom stereocenters. The third-order valence-electron chi connectivity index (χ3n) is 1.67. The Labute approximate surface area is 96.0 Å². The number of ketones is 1. The highest BCUT2D eigenvalue weighted by Gasteiger charge is 2.05. The molecule has 3 heteroatoms. The summed E-state index contributed by atoms with van der Waals surface area (Å²) in [5.74, 6) is 0.300. The summed E-state index contributed by atoms with van der Waals surface area (Å²) in [6.07, 6.45) is 5.44. The predicted molar refractivity (Wildman–Crippen MR) is 46.6 cm³/mol. The Morgan fingerprint density at radius 3 is 2.38 bits per heavy atom. The van der Waals surface area contributed by atoms with Gasteiger partial charge in [-0.3, -0.25) is 4.79 Å². The molecule has 0 bridgehead atoms. The quantitative estimate of drug-likeness (QED) is 0.481. The Morgan fingerprint density at radius 2 is 1.85 bits per heavy atom. The number of pyridine rings is 1. The van der Waals surface area contributed by atoms with Crippen molar-refractivity contribution in [3.05, 3.63) is 30.6 Å². The Hall–Kier alpha value is -0.450. The predicted octanol–water partition coefficient (Wildman–Crippen LogP) is -1.65. The van der Waals surface area contributed by atoms with Crippen LogP contribution in [0.2, 0.25) is 0 Å². The van der Waals surface area contributed by atoms with Crippen LogP contribution < -0.4 is 28.5 Å². The van der Waals surface area contributed by atoms with Gasteiger partial charge in [-0.15, -0.1) is 0 Å². The molecule has 0 aliphatic carbocycles. The molecule has 0 saturated carbocycles. The van der Waals surface area contributed by atoms with Gasteiger partial charge in [0.15, 0.2) is 18.2 Å². The van der Waals surface area contributed by atoms with Gasteiger partial charge in [0.2, 0.25) is 6.54 Å². The summed E-state index contributed by atoms with van der Waals surface area (Å²) >= 11 is 0. The summed E-state index contributed by atoms with van der Waals surface area (Å²) in [4.78, 5) is 11.2. The average Bonchev–Trinajstić information content (AvgIpc) is 2.06. The first-order valence-corrected chi connectivity index (χ1v) is 4.28. The van der Waals surface area contributed by atoms with Gasteiger partial charge in [-0.1, -0.05) is 13.0 Å². The lowest BCUT2D eigenvalue weighted by molar-refractivity contribution is -0.684. The van der Waals surface area contributed by atoms with Gasteiger partial charge in [-0.2, -0.15) is 4.57 Å². The average molecular weight is 291 g/mol. The van der Waals surface area contributed by atoms with Crippen LogP contribution in [-0.4, -0.2) is 5.78 Å². The molecule has 0 saturated heterocycles. The molecule has 0 aliphatic heterocycles. The summed E-state index contributed by atoms with van der Waals surface area (Å²) < 4.78 is 1.90. The summed E-state index contributed by atoms with van der Waals surface area (Å²) in [6, 6.07) is 5.80. The van der Waals surface area contributed by atoms with E-state index in [0.29, 0.717) is 18.7 Å². The second-order valence-electron chi connectivity index (χ2n) is 2.84. The molecule has 72 valence electrons. The maximum Gasteiger partial charge on any atom is 0.206 e. The Morgan fingerprint density at radius 1 is 1.23 bits per heavy atom. The topological polar surface area (TPSA) is 20.9 Å². The highest BCUT2D eigenvalue weighted by molar-refractivity contribution is 5.76. The number of aromatic nitrogens is 1. The van der Waals surface area contributed by atoms with Crippen LogP contribution in [-0.2, 0) is 11.3 Å². The zero-order valence-electron chi connectivity index (χ0n) is 7.74. The lowest BCUT2D eigenvalue weighted by Crippen LogP contribution is -3.00. The van der Waals surface area contributed by atoms with E-state index < -0.39 is 0 Å². The van der Waals surface area contributed by atoms with Crippen LogP contribution in [0.15, 0.2) is 30.6 Å². The fourth-order valence-corrected chi connectivity index (χ4v) is 1.10. The minimum Gasteiger partial charge on any atom is -1.00 e. The van der Waals surface area contributed by atoms with E-state index in [-0.39, 0.29) is 24.0 Å². The number of rotatable bonds is 4. The number of Topliss-reactive ketones (excluding diaryl/α,β-unsaturated/α-hetero) is 1. The van der Waals surface area contributed by atoms with Gasteiger partial charge < -0.3 is 24.0 Å². The number of nitrogens with zero attached hydrogens (tertiary/aromatic N) is 1. The SMILES string of the molecule is CCCC(=O)C[n+]1ccccc1.[I-]. The van der Waals surface area contributed by atoms with E-state index in [2.05, 4.69) is 0 Å². The molecule has 13 heavy (non-hydrogen) atoms. The molecular weight excluding hydrogens is 277 g/mol. The third kappa shape index (κ3) is 4.98. The van der Waals surface area contributed by atoms with Crippen LogP contribution in [0.3, 0.4) is 0 Å². The van der Waals surface area contributed by atoms with Crippen molar-refractivity contribution in [1.82, 2.24) is 0 Å². The molecule has 1 aromatic heterocycles. The van der Waals surface area contributed by atoms with Crippen molar-refractivity contribution in [2.45, 2.75) is 26.3 Å². The molecular formula is C10H14INO. The van der Waals surface area contributed by atoms with Crippen molar-refractivity contribution in [2.75, 3.05) is 0 Å². The number of carbonyl (C=O) groups excluding carboxylic acids is 1. The minimum atomic E-state index is 0. The lowest BCUT2D eigenvalue weighted by atomic mass is 10.2. The maximum atomic E-state index is 11.2. The summed E-state index contributed by atoms with van der Waals surface area (Å²) in [5, 5.41) is 0. The normalized spacial score (nSPS) is 9.00. The highest BCUT2D eigenvalue weighted by atomic mass is 127. The Kier molecular flexibility index (Phi) is 6.76. The van der Waals surface area contributed by atoms with E-state index in [9.17, 15) is 4.79 Å². The number of halogens is 1. The monoisotopic (exact) mass is 291 g/mol. The van der Waals surface area contributed by atoms with Gasteiger partial charge in [0, 0.05) is 18.6 Å². The molecule has 0 amide bonds. The number of hydrogen-bond acceptors (Lipinski definition) is 1. The maximum absolute atomic E-state index is 11.2. The largest absolute Gasteiger partial charge is 1.00 e. The molecule has 0 spiro atoms. The summed E-state index contributed by atoms with van der Waals surface area (Å²) in [5.41, 5.74) is 0. The zero-order chi connectivity index (χ0) is 8.81. The molecule has 0 unspecified atom stereocenters. The molecule has 0 radical (unpaired) electrons. The van der Waals surface area contributed by atoms with Gasteiger partial charge in [-0.05, 0) is 6.42 Å². The van der Waals surface area contributed by atoms with Crippen LogP contribution in [0.25, 0.3) is 0 Å². The van der Waals surface area contributed by atoms with Gasteiger partial charge in [-0.25, -0.2) is 0 Å². The van der Waals surface area contributed by atoms with Crippen molar-refractivity contribution in [2.24, 2.45) is 0 Å². The Balaban J connectivity index is 0.00000144. The van der Waals surface area contributed by atoms with E-state index in [1.807, 2.05) is 42.1 Å². The highest BCUT2D eigenvalue weighted by Crippen LogP contribution is 1.88. The van der Waals surface area contributed by atoms with Crippen LogP contribution >= 0.6 is 0 Å². The molecule has 0 aromatic carbocycles. The fraction of sp³-hybridized carbons (Fsp3) is 0.400. The van der Waals surface area contributed by atoms with Crippen molar-refractivity contribution in [3.63, 3.8) is 0 Å². The second-order valence-corrected chi connectivity index (χ2v) is 2.84. The van der Waals surface area contributed by atoms with E-state index in [4.69, 9.17) is 0 Å². The van der Waals surface area contributed by atoms with Gasteiger partial charge in [0.1, 0.15) is 0 Å². The van der Waals surface area contributed by atoms with Crippen LogP contribution in [0, 0.1) is 0 Å². The minimum absolute atomic E-state index is 0. The summed E-state index contributed by atoms with van der Waals surface area (Å²) in [7, 11) is 0. The molecule has 0 N–H and O–H groups in total. The van der Waals surface area contributed by atoms with Gasteiger partial charge in [0.25, 0.3) is 0 Å². The van der Waals surface area contributed by atoms with Crippen LogP contribution in [0.5, 0.6) is 0 Å². The third-order valence-corrected chi connectivity index (χ3v) is 1.67. The molecule has 2 nitrogen and oxygen atoms in total. The molecule has 1 aromatic rings. The molecule has 1 heterocycles. The van der Waals surface area contributed by atoms with Crippen molar-refractivity contribution in [1.29, 1.82) is 0 Å². The lowest BCUT2D eigenvalue weighted by Gasteiger charge is -1.93. The molecule has 1 rings (SSSR count). The standard InChI is InChI=1S/C10H14NO.HI/c1-2-6-10(12)9-11-7-4-3-5-8-11;/h3-5,7-8H,2,6,9H2,1H3;1H/q+1;/p-1. The smallest absolute Gasteiger partial charge is 0.206 e. The first-order valence-electron chi connectivity index (χ1n) is 4.28. The van der Waals surface area contributed by atoms with Crippen molar-refractivity contribution >= 4 is 5.78 Å². The van der Waals surface area contributed by atoms with Crippen molar-refractivity contribution < 1.29 is 33.3 Å². The number of hydrogen-bond donors (Lipinski definition) is 0. The Bertz CT molecular complexity index is 248. The van der Waals surface area contributed by atoms with Gasteiger partial charge >= 0.3 is 0 Å². The van der Waals surface area contributed by atoms with Gasteiger partial charge in [0.05, 0.1) is 0 Å². The van der Waals surface area contributed by atoms with E-state index in [1.54, 1.807) is 0 Å². The van der Waals surface area contributed by atoms with E-state index >= 15 is 0 Å². The first kappa shape index (κ1) is 12.6. The van der Waals surface area contributed by atoms with Crippen molar-refractivity contribution in [3.8, 4) is 0 Å². The number of carbonyl (C=O) groups is 1. The van der Waals surface area contributed by atoms with E-state index in [1.165, 1.54) is 0 Å². The van der Waals surface area contributed by atoms with Crippen LogP contribution in [0.4, 0.5) is 0 Å². The second kappa shape index (κ2) is 7.00.